The Bertz CT molecular complexity index is 841. The fourth-order valence-electron chi connectivity index (χ4n) is 3.77. The van der Waals surface area contributed by atoms with E-state index in [0.717, 1.165) is 30.4 Å². The zero-order chi connectivity index (χ0) is 20.1. The number of piperidine rings is 1. The minimum atomic E-state index is 0.0508. The van der Waals surface area contributed by atoms with Crippen molar-refractivity contribution in [3.8, 4) is 11.4 Å². The Morgan fingerprint density at radius 3 is 2.86 bits per heavy atom. The number of nitrogens with one attached hydrogen (secondary N) is 2. The molecule has 0 bridgehead atoms. The van der Waals surface area contributed by atoms with Gasteiger partial charge in [-0.15, -0.1) is 0 Å². The number of carbonyl (C=O) groups excluding carboxylic acids is 1. The lowest BCUT2D eigenvalue weighted by Crippen LogP contribution is -2.46. The lowest BCUT2D eigenvalue weighted by atomic mass is 9.99. The molecule has 1 aliphatic rings. The van der Waals surface area contributed by atoms with Crippen molar-refractivity contribution >= 4 is 18.1 Å². The second-order valence-corrected chi connectivity index (χ2v) is 8.40. The number of hydrogen-bond donors (Lipinski definition) is 2. The maximum absolute atomic E-state index is 12.4. The third-order valence-corrected chi connectivity index (χ3v) is 5.85. The Labute approximate surface area is 172 Å². The normalized spacial score (nSPS) is 18.8. The van der Waals surface area contributed by atoms with Crippen LogP contribution in [-0.2, 0) is 11.3 Å². The molecule has 1 aliphatic heterocycles. The summed E-state index contributed by atoms with van der Waals surface area (Å²) in [6, 6.07) is 8.52. The Morgan fingerprint density at radius 2 is 2.14 bits per heavy atom. The van der Waals surface area contributed by atoms with E-state index in [2.05, 4.69) is 41.2 Å². The first-order valence-electron chi connectivity index (χ1n) is 10.2. The first-order valence-corrected chi connectivity index (χ1v) is 10.6. The van der Waals surface area contributed by atoms with Crippen LogP contribution >= 0.6 is 12.2 Å². The van der Waals surface area contributed by atoms with E-state index in [4.69, 9.17) is 12.2 Å². The van der Waals surface area contributed by atoms with E-state index in [9.17, 15) is 4.79 Å². The molecule has 1 fully saturated rings. The molecule has 0 aliphatic carbocycles. The molecule has 2 atom stereocenters. The predicted octanol–water partition coefficient (Wildman–Crippen LogP) is 3.54. The van der Waals surface area contributed by atoms with Crippen LogP contribution in [0.25, 0.3) is 11.4 Å². The van der Waals surface area contributed by atoms with Crippen LogP contribution in [0.3, 0.4) is 0 Å². The lowest BCUT2D eigenvalue weighted by Gasteiger charge is -2.35. The number of nitrogens with zero attached hydrogens (tertiary/aromatic N) is 3. The number of carbonyl (C=O) groups is 1. The van der Waals surface area contributed by atoms with Gasteiger partial charge in [0.25, 0.3) is 0 Å². The Morgan fingerprint density at radius 1 is 1.39 bits per heavy atom. The van der Waals surface area contributed by atoms with Crippen molar-refractivity contribution in [1.82, 2.24) is 25.0 Å². The second kappa shape index (κ2) is 9.47. The Kier molecular flexibility index (Phi) is 7.02. The van der Waals surface area contributed by atoms with Gasteiger partial charge in [0.05, 0.1) is 0 Å². The summed E-state index contributed by atoms with van der Waals surface area (Å²) in [7, 11) is 0. The molecule has 1 aromatic heterocycles. The van der Waals surface area contributed by atoms with Gasteiger partial charge in [-0.3, -0.25) is 19.4 Å². The fourth-order valence-corrected chi connectivity index (χ4v) is 3.99. The summed E-state index contributed by atoms with van der Waals surface area (Å²) >= 11 is 5.36. The largest absolute Gasteiger partial charge is 0.354 e. The van der Waals surface area contributed by atoms with E-state index < -0.39 is 0 Å². The molecular formula is C21H31N5OS. The van der Waals surface area contributed by atoms with Crippen molar-refractivity contribution < 1.29 is 4.79 Å². The van der Waals surface area contributed by atoms with Gasteiger partial charge in [-0.25, -0.2) is 0 Å². The van der Waals surface area contributed by atoms with Crippen molar-refractivity contribution in [2.24, 2.45) is 5.92 Å². The van der Waals surface area contributed by atoms with Crippen LogP contribution in [0, 0.1) is 17.6 Å². The number of aryl methyl sites for hydroxylation is 1. The topological polar surface area (TPSA) is 66.0 Å². The molecule has 0 spiro atoms. The molecule has 2 unspecified atom stereocenters. The van der Waals surface area contributed by atoms with Crippen molar-refractivity contribution in [3.63, 3.8) is 0 Å². The Hall–Kier alpha value is -1.99. The molecular weight excluding hydrogens is 370 g/mol. The summed E-state index contributed by atoms with van der Waals surface area (Å²) in [6.07, 6.45) is 2.94. The standard InChI is InChI=1S/C21H31N5OS/c1-15-6-8-18(9-7-15)20-23-24-21(28)26(20)12-10-19(27)22-13-17(3)25-11-4-5-16(2)14-25/h6-9,16-17H,4-5,10-14H2,1-3H3,(H,22,27)(H,24,28). The van der Waals surface area contributed by atoms with Crippen molar-refractivity contribution in [3.05, 3.63) is 34.6 Å². The molecule has 2 aromatic rings. The molecule has 1 amide bonds. The van der Waals surface area contributed by atoms with Crippen molar-refractivity contribution in [2.45, 2.75) is 52.6 Å². The van der Waals surface area contributed by atoms with Gasteiger partial charge in [-0.2, -0.15) is 5.10 Å². The van der Waals surface area contributed by atoms with Crippen LogP contribution < -0.4 is 5.32 Å². The number of hydrogen-bond acceptors (Lipinski definition) is 4. The van der Waals surface area contributed by atoms with Gasteiger partial charge in [0, 0.05) is 37.7 Å². The number of amides is 1. The van der Waals surface area contributed by atoms with Gasteiger partial charge in [-0.05, 0) is 51.4 Å². The summed E-state index contributed by atoms with van der Waals surface area (Å²) in [5.41, 5.74) is 2.19. The first kappa shape index (κ1) is 20.7. The summed E-state index contributed by atoms with van der Waals surface area (Å²) in [5, 5.41) is 10.3. The molecule has 3 rings (SSSR count). The molecule has 1 saturated heterocycles. The van der Waals surface area contributed by atoms with E-state index in [-0.39, 0.29) is 5.91 Å². The molecule has 6 nitrogen and oxygen atoms in total. The van der Waals surface area contributed by atoms with Crippen LogP contribution in [0.5, 0.6) is 0 Å². The van der Waals surface area contributed by atoms with E-state index in [1.807, 2.05) is 28.8 Å². The SMILES string of the molecule is Cc1ccc(-c2n[nH]c(=S)n2CCC(=O)NCC(C)N2CCCC(C)C2)cc1. The Balaban J connectivity index is 1.53. The monoisotopic (exact) mass is 401 g/mol. The summed E-state index contributed by atoms with van der Waals surface area (Å²) < 4.78 is 2.44. The average Bonchev–Trinajstić information content (AvgIpc) is 3.05. The highest BCUT2D eigenvalue weighted by molar-refractivity contribution is 7.71. The van der Waals surface area contributed by atoms with Crippen LogP contribution in [0.4, 0.5) is 0 Å². The smallest absolute Gasteiger partial charge is 0.221 e. The maximum Gasteiger partial charge on any atom is 0.221 e. The first-order chi connectivity index (χ1) is 13.4. The number of benzene rings is 1. The highest BCUT2D eigenvalue weighted by Crippen LogP contribution is 2.19. The van der Waals surface area contributed by atoms with Crippen molar-refractivity contribution in [1.29, 1.82) is 0 Å². The fraction of sp³-hybridized carbons (Fsp3) is 0.571. The van der Waals surface area contributed by atoms with Crippen LogP contribution in [0.1, 0.15) is 38.7 Å². The van der Waals surface area contributed by atoms with Gasteiger partial charge in [0.15, 0.2) is 10.6 Å². The number of aromatic nitrogens is 3. The van der Waals surface area contributed by atoms with Gasteiger partial charge < -0.3 is 5.32 Å². The summed E-state index contributed by atoms with van der Waals surface area (Å²) in [5.74, 6) is 1.57. The molecule has 0 radical (unpaired) electrons. The van der Waals surface area contributed by atoms with Gasteiger partial charge >= 0.3 is 0 Å². The third-order valence-electron chi connectivity index (χ3n) is 5.54. The molecule has 1 aromatic carbocycles. The minimum absolute atomic E-state index is 0.0508. The highest BCUT2D eigenvalue weighted by atomic mass is 32.1. The van der Waals surface area contributed by atoms with E-state index in [1.54, 1.807) is 0 Å². The van der Waals surface area contributed by atoms with Gasteiger partial charge in [-0.1, -0.05) is 36.8 Å². The van der Waals surface area contributed by atoms with Crippen LogP contribution in [-0.4, -0.2) is 51.2 Å². The number of rotatable bonds is 7. The summed E-state index contributed by atoms with van der Waals surface area (Å²) in [4.78, 5) is 14.9. The maximum atomic E-state index is 12.4. The molecule has 0 saturated carbocycles. The van der Waals surface area contributed by atoms with Gasteiger partial charge in [0.1, 0.15) is 0 Å². The number of aromatic amines is 1. The van der Waals surface area contributed by atoms with E-state index in [0.29, 0.717) is 30.3 Å². The molecule has 152 valence electrons. The second-order valence-electron chi connectivity index (χ2n) is 8.02. The molecule has 7 heteroatoms. The third kappa shape index (κ3) is 5.29. The number of H-pyrrole nitrogens is 1. The van der Waals surface area contributed by atoms with E-state index >= 15 is 0 Å². The molecule has 2 N–H and O–H groups in total. The van der Waals surface area contributed by atoms with E-state index in [1.165, 1.54) is 18.4 Å². The highest BCUT2D eigenvalue weighted by Gasteiger charge is 2.21. The van der Waals surface area contributed by atoms with Gasteiger partial charge in [0.2, 0.25) is 5.91 Å². The van der Waals surface area contributed by atoms with Crippen LogP contribution in [0.2, 0.25) is 0 Å². The average molecular weight is 402 g/mol. The predicted molar refractivity (Wildman–Crippen MR) is 115 cm³/mol. The minimum Gasteiger partial charge on any atom is -0.354 e. The zero-order valence-electron chi connectivity index (χ0n) is 17.1. The zero-order valence-corrected chi connectivity index (χ0v) is 17.9. The molecule has 28 heavy (non-hydrogen) atoms. The molecule has 2 heterocycles. The van der Waals surface area contributed by atoms with Crippen molar-refractivity contribution in [2.75, 3.05) is 19.6 Å². The number of likely N-dealkylation sites (tertiary alicyclic amines) is 1. The van der Waals surface area contributed by atoms with Crippen LogP contribution in [0.15, 0.2) is 24.3 Å². The summed E-state index contributed by atoms with van der Waals surface area (Å²) in [6.45, 7) is 10.0. The quantitative estimate of drug-likeness (QED) is 0.697. The lowest BCUT2D eigenvalue weighted by molar-refractivity contribution is -0.121.